The van der Waals surface area contributed by atoms with E-state index >= 15 is 0 Å². The maximum atomic E-state index is 12.0. The third kappa shape index (κ3) is 6.36. The van der Waals surface area contributed by atoms with Gasteiger partial charge in [0.2, 0.25) is 0 Å². The van der Waals surface area contributed by atoms with Crippen molar-refractivity contribution in [2.24, 2.45) is 0 Å². The fourth-order valence-electron chi connectivity index (χ4n) is 1.52. The highest BCUT2D eigenvalue weighted by atomic mass is 19.4. The average Bonchev–Trinajstić information content (AvgIpc) is 2.61. The van der Waals surface area contributed by atoms with Crippen LogP contribution in [0.1, 0.15) is 32.3 Å². The Bertz CT molecular complexity index is 329. The monoisotopic (exact) mass is 248 g/mol. The normalized spacial score (nSPS) is 12.4. The van der Waals surface area contributed by atoms with Crippen LogP contribution in [0.5, 0.6) is 0 Å². The molecule has 1 rings (SSSR count). The van der Waals surface area contributed by atoms with Gasteiger partial charge in [0.1, 0.15) is 0 Å². The lowest BCUT2D eigenvalue weighted by molar-refractivity contribution is -0.135. The Morgan fingerprint density at radius 1 is 1.35 bits per heavy atom. The van der Waals surface area contributed by atoms with Crippen LogP contribution in [0, 0.1) is 0 Å². The lowest BCUT2D eigenvalue weighted by Gasteiger charge is -2.07. The molecule has 0 spiro atoms. The van der Waals surface area contributed by atoms with Crippen molar-refractivity contribution in [2.45, 2.75) is 52.0 Å². The summed E-state index contributed by atoms with van der Waals surface area (Å²) < 4.78 is 37.7. The maximum Gasteiger partial charge on any atom is 0.389 e. The first-order valence-corrected chi connectivity index (χ1v) is 5.81. The van der Waals surface area contributed by atoms with Crippen molar-refractivity contribution >= 4 is 0 Å². The van der Waals surface area contributed by atoms with Crippen LogP contribution in [0.3, 0.4) is 0 Å². The summed E-state index contributed by atoms with van der Waals surface area (Å²) in [6, 6.07) is 2.34. The van der Waals surface area contributed by atoms with Crippen LogP contribution in [0.4, 0.5) is 13.2 Å². The molecule has 2 nitrogen and oxygen atoms in total. The van der Waals surface area contributed by atoms with Crippen LogP contribution >= 0.6 is 0 Å². The summed E-state index contributed by atoms with van der Waals surface area (Å²) in [7, 11) is 0. The minimum Gasteiger partial charge on any atom is -0.354 e. The van der Waals surface area contributed by atoms with Gasteiger partial charge >= 0.3 is 6.18 Å². The lowest BCUT2D eigenvalue weighted by Crippen LogP contribution is -2.21. The fourth-order valence-corrected chi connectivity index (χ4v) is 1.52. The largest absolute Gasteiger partial charge is 0.389 e. The first-order chi connectivity index (χ1) is 7.87. The van der Waals surface area contributed by atoms with Crippen LogP contribution < -0.4 is 5.32 Å². The highest BCUT2D eigenvalue weighted by Crippen LogP contribution is 2.21. The van der Waals surface area contributed by atoms with Crippen LogP contribution in [-0.4, -0.2) is 16.8 Å². The number of rotatable bonds is 6. The second-order valence-corrected chi connectivity index (χ2v) is 4.51. The van der Waals surface area contributed by atoms with Crippen molar-refractivity contribution in [2.75, 3.05) is 0 Å². The summed E-state index contributed by atoms with van der Waals surface area (Å²) in [5, 5.41) is 3.26. The molecular weight excluding hydrogens is 229 g/mol. The smallest absolute Gasteiger partial charge is 0.354 e. The van der Waals surface area contributed by atoms with Crippen LogP contribution in [-0.2, 0) is 13.1 Å². The molecule has 0 unspecified atom stereocenters. The lowest BCUT2D eigenvalue weighted by atomic mass is 10.3. The molecule has 0 saturated heterocycles. The predicted molar refractivity (Wildman–Crippen MR) is 61.7 cm³/mol. The number of alkyl halides is 3. The number of aryl methyl sites for hydroxylation is 1. The van der Waals surface area contributed by atoms with Crippen molar-refractivity contribution in [3.8, 4) is 0 Å². The van der Waals surface area contributed by atoms with Gasteiger partial charge in [-0.15, -0.1) is 0 Å². The van der Waals surface area contributed by atoms with Gasteiger partial charge in [-0.25, -0.2) is 0 Å². The van der Waals surface area contributed by atoms with Crippen molar-refractivity contribution in [1.29, 1.82) is 0 Å². The molecule has 98 valence electrons. The summed E-state index contributed by atoms with van der Waals surface area (Å²) in [6.07, 6.45) is -0.908. The number of nitrogens with zero attached hydrogens (tertiary/aromatic N) is 1. The molecule has 1 aromatic heterocycles. The molecule has 0 atom stereocenters. The highest BCUT2D eigenvalue weighted by Gasteiger charge is 2.25. The minimum absolute atomic E-state index is 0.134. The summed E-state index contributed by atoms with van der Waals surface area (Å²) in [5.41, 5.74) is 1.10. The van der Waals surface area contributed by atoms with Crippen molar-refractivity contribution in [3.05, 3.63) is 24.0 Å². The molecular formula is C12H19F3N2. The highest BCUT2D eigenvalue weighted by molar-refractivity contribution is 5.09. The van der Waals surface area contributed by atoms with Gasteiger partial charge in [-0.1, -0.05) is 13.8 Å². The number of halogens is 3. The summed E-state index contributed by atoms with van der Waals surface area (Å²) >= 11 is 0. The molecule has 0 aliphatic heterocycles. The number of hydrogen-bond donors (Lipinski definition) is 1. The molecule has 0 fully saturated rings. The van der Waals surface area contributed by atoms with Gasteiger partial charge in [-0.3, -0.25) is 0 Å². The van der Waals surface area contributed by atoms with E-state index in [4.69, 9.17) is 0 Å². The van der Waals surface area contributed by atoms with Gasteiger partial charge in [-0.05, 0) is 18.1 Å². The van der Waals surface area contributed by atoms with Crippen molar-refractivity contribution < 1.29 is 13.2 Å². The average molecular weight is 248 g/mol. The minimum atomic E-state index is -4.05. The second-order valence-electron chi connectivity index (χ2n) is 4.51. The Hall–Kier alpha value is -0.970. The summed E-state index contributed by atoms with van der Waals surface area (Å²) in [4.78, 5) is 0. The number of hydrogen-bond acceptors (Lipinski definition) is 1. The van der Waals surface area contributed by atoms with Gasteiger partial charge in [0.25, 0.3) is 0 Å². The zero-order valence-electron chi connectivity index (χ0n) is 10.2. The van der Waals surface area contributed by atoms with E-state index in [-0.39, 0.29) is 6.42 Å². The first-order valence-electron chi connectivity index (χ1n) is 5.81. The van der Waals surface area contributed by atoms with Gasteiger partial charge < -0.3 is 9.88 Å². The van der Waals surface area contributed by atoms with Gasteiger partial charge in [0.05, 0.1) is 0 Å². The van der Waals surface area contributed by atoms with E-state index < -0.39 is 12.6 Å². The zero-order valence-corrected chi connectivity index (χ0v) is 10.2. The molecule has 5 heteroatoms. The van der Waals surface area contributed by atoms with E-state index in [1.165, 1.54) is 0 Å². The SMILES string of the molecule is CC(C)NCc1ccn(CCCC(F)(F)F)c1. The van der Waals surface area contributed by atoms with E-state index in [1.54, 1.807) is 0 Å². The molecule has 1 aromatic rings. The number of nitrogens with one attached hydrogen (secondary N) is 1. The third-order valence-electron chi connectivity index (χ3n) is 2.40. The van der Waals surface area contributed by atoms with Gasteiger partial charge in [0.15, 0.2) is 0 Å². The molecule has 1 N–H and O–H groups in total. The standard InChI is InChI=1S/C12H19F3N2/c1-10(2)16-8-11-4-7-17(9-11)6-3-5-12(13,14)15/h4,7,9-10,16H,3,5-6,8H2,1-2H3. The summed E-state index contributed by atoms with van der Waals surface area (Å²) in [6.45, 7) is 5.28. The molecule has 0 radical (unpaired) electrons. The zero-order chi connectivity index (χ0) is 12.9. The predicted octanol–water partition coefficient (Wildman–Crippen LogP) is 3.33. The molecule has 0 aromatic carbocycles. The number of aromatic nitrogens is 1. The van der Waals surface area contributed by atoms with E-state index in [2.05, 4.69) is 19.2 Å². The second kappa shape index (κ2) is 6.10. The Morgan fingerprint density at radius 2 is 2.06 bits per heavy atom. The van der Waals surface area contributed by atoms with E-state index in [9.17, 15) is 13.2 Å². The van der Waals surface area contributed by atoms with Crippen LogP contribution in [0.25, 0.3) is 0 Å². The van der Waals surface area contributed by atoms with E-state index in [0.29, 0.717) is 12.6 Å². The summed E-state index contributed by atoms with van der Waals surface area (Å²) in [5.74, 6) is 0. The first kappa shape index (κ1) is 14.1. The van der Waals surface area contributed by atoms with E-state index in [1.807, 2.05) is 23.0 Å². The topological polar surface area (TPSA) is 17.0 Å². The third-order valence-corrected chi connectivity index (χ3v) is 2.40. The molecule has 0 bridgehead atoms. The Labute approximate surface area is 99.8 Å². The van der Waals surface area contributed by atoms with Crippen LogP contribution in [0.15, 0.2) is 18.5 Å². The van der Waals surface area contributed by atoms with Crippen LogP contribution in [0.2, 0.25) is 0 Å². The quantitative estimate of drug-likeness (QED) is 0.817. The maximum absolute atomic E-state index is 12.0. The Morgan fingerprint density at radius 3 is 2.65 bits per heavy atom. The Balaban J connectivity index is 2.31. The van der Waals surface area contributed by atoms with E-state index in [0.717, 1.165) is 12.1 Å². The van der Waals surface area contributed by atoms with Crippen molar-refractivity contribution in [3.63, 3.8) is 0 Å². The molecule has 17 heavy (non-hydrogen) atoms. The molecule has 1 heterocycles. The molecule has 0 saturated carbocycles. The van der Waals surface area contributed by atoms with Gasteiger partial charge in [-0.2, -0.15) is 13.2 Å². The Kier molecular flexibility index (Phi) is 5.05. The molecule has 0 amide bonds. The molecule has 0 aliphatic rings. The fraction of sp³-hybridized carbons (Fsp3) is 0.667. The molecule has 0 aliphatic carbocycles. The van der Waals surface area contributed by atoms with Crippen molar-refractivity contribution in [1.82, 2.24) is 9.88 Å². The van der Waals surface area contributed by atoms with Gasteiger partial charge in [0, 0.05) is 37.9 Å².